The maximum Gasteiger partial charge on any atom is 0.336 e. The van der Waals surface area contributed by atoms with E-state index < -0.39 is 5.79 Å². The topological polar surface area (TPSA) is 55.8 Å². The highest BCUT2D eigenvalue weighted by molar-refractivity contribution is 5.90. The van der Waals surface area contributed by atoms with E-state index >= 15 is 0 Å². The monoisotopic (exact) mass is 305 g/mol. The molecule has 0 radical (unpaired) electrons. The molecule has 4 aliphatic rings. The van der Waals surface area contributed by atoms with E-state index in [4.69, 9.17) is 9.47 Å². The van der Waals surface area contributed by atoms with Crippen LogP contribution >= 0.6 is 0 Å². The third-order valence-corrected chi connectivity index (χ3v) is 5.88. The fraction of sp³-hybridized carbons (Fsp3) is 0.765. The third kappa shape index (κ3) is 1.81. The zero-order chi connectivity index (χ0) is 15.5. The molecule has 120 valence electrons. The summed E-state index contributed by atoms with van der Waals surface area (Å²) < 4.78 is 12.0. The Morgan fingerprint density at radius 2 is 2.18 bits per heavy atom. The van der Waals surface area contributed by atoms with Crippen molar-refractivity contribution in [3.8, 4) is 0 Å². The molecule has 0 aromatic rings. The predicted octanol–water partition coefficient (Wildman–Crippen LogP) is 2.01. The van der Waals surface area contributed by atoms with Gasteiger partial charge in [-0.25, -0.2) is 4.79 Å². The molecule has 0 N–H and O–H groups in total. The van der Waals surface area contributed by atoms with Crippen molar-refractivity contribution in [1.82, 2.24) is 4.90 Å². The van der Waals surface area contributed by atoms with Gasteiger partial charge in [-0.3, -0.25) is 4.79 Å². The van der Waals surface area contributed by atoms with E-state index in [1.807, 2.05) is 6.08 Å². The van der Waals surface area contributed by atoms with Crippen molar-refractivity contribution in [2.24, 2.45) is 11.8 Å². The van der Waals surface area contributed by atoms with Crippen LogP contribution in [0.3, 0.4) is 0 Å². The van der Waals surface area contributed by atoms with Gasteiger partial charge in [-0.2, -0.15) is 0 Å². The normalized spacial score (nSPS) is 43.9. The number of carbonyl (C=O) groups is 2. The number of carbonyl (C=O) groups excluding carboxylic acids is 2. The molecule has 1 amide bonds. The molecule has 5 heteroatoms. The first-order valence-electron chi connectivity index (χ1n) is 8.46. The van der Waals surface area contributed by atoms with Crippen molar-refractivity contribution in [2.75, 3.05) is 6.54 Å². The SMILES string of the molecule is CC[C@@H]1[C@@H]2[C@H](CCCN3C(=O)CC[C@H]23)O[C@@]12C=C(C)C(=O)O2. The van der Waals surface area contributed by atoms with Gasteiger partial charge in [0.1, 0.15) is 0 Å². The summed E-state index contributed by atoms with van der Waals surface area (Å²) in [5, 5.41) is 0. The summed E-state index contributed by atoms with van der Waals surface area (Å²) in [6.07, 6.45) is 6.30. The van der Waals surface area contributed by atoms with Crippen LogP contribution in [0.5, 0.6) is 0 Å². The van der Waals surface area contributed by atoms with Crippen LogP contribution in [0, 0.1) is 11.8 Å². The molecule has 4 heterocycles. The maximum absolute atomic E-state index is 12.1. The van der Waals surface area contributed by atoms with Gasteiger partial charge in [-0.15, -0.1) is 0 Å². The average molecular weight is 305 g/mol. The first-order chi connectivity index (χ1) is 10.6. The Kier molecular flexibility index (Phi) is 3.12. The first-order valence-corrected chi connectivity index (χ1v) is 8.46. The number of nitrogens with zero attached hydrogens (tertiary/aromatic N) is 1. The van der Waals surface area contributed by atoms with Gasteiger partial charge in [0.25, 0.3) is 0 Å². The second kappa shape index (κ2) is 4.82. The molecule has 3 saturated heterocycles. The Bertz CT molecular complexity index is 557. The lowest BCUT2D eigenvalue weighted by atomic mass is 9.77. The number of fused-ring (bicyclic) bond motifs is 3. The van der Waals surface area contributed by atoms with E-state index in [1.165, 1.54) is 0 Å². The number of rotatable bonds is 1. The number of hydrogen-bond donors (Lipinski definition) is 0. The molecule has 0 aromatic heterocycles. The summed E-state index contributed by atoms with van der Waals surface area (Å²) in [5.41, 5.74) is 0.634. The van der Waals surface area contributed by atoms with Gasteiger partial charge >= 0.3 is 5.97 Å². The molecule has 1 spiro atoms. The van der Waals surface area contributed by atoms with E-state index in [-0.39, 0.29) is 35.9 Å². The smallest absolute Gasteiger partial charge is 0.336 e. The highest BCUT2D eigenvalue weighted by atomic mass is 16.7. The van der Waals surface area contributed by atoms with E-state index in [0.29, 0.717) is 12.0 Å². The van der Waals surface area contributed by atoms with Gasteiger partial charge in [0.2, 0.25) is 11.7 Å². The van der Waals surface area contributed by atoms with Gasteiger partial charge in [-0.05, 0) is 38.7 Å². The Morgan fingerprint density at radius 3 is 2.86 bits per heavy atom. The van der Waals surface area contributed by atoms with Crippen molar-refractivity contribution in [3.05, 3.63) is 11.6 Å². The van der Waals surface area contributed by atoms with Crippen molar-refractivity contribution in [1.29, 1.82) is 0 Å². The molecular formula is C17H23NO4. The lowest BCUT2D eigenvalue weighted by molar-refractivity contribution is -0.204. The van der Waals surface area contributed by atoms with Crippen LogP contribution in [0.15, 0.2) is 11.6 Å². The minimum absolute atomic E-state index is 0.0841. The predicted molar refractivity (Wildman–Crippen MR) is 78.7 cm³/mol. The Hall–Kier alpha value is -1.36. The standard InChI is InChI=1S/C17H23NO4/c1-3-11-15-12-6-7-14(19)18(12)8-4-5-13(15)21-17(11)9-10(2)16(20)22-17/h9,11-13,15H,3-8H2,1-2H3/t11-,12-,13+,15+,17-/m1/s1. The molecule has 4 aliphatic heterocycles. The molecular weight excluding hydrogens is 282 g/mol. The van der Waals surface area contributed by atoms with Crippen LogP contribution in [-0.4, -0.2) is 41.3 Å². The van der Waals surface area contributed by atoms with Crippen LogP contribution in [0.1, 0.15) is 46.0 Å². The summed E-state index contributed by atoms with van der Waals surface area (Å²) in [4.78, 5) is 26.1. The highest BCUT2D eigenvalue weighted by Crippen LogP contribution is 2.53. The van der Waals surface area contributed by atoms with Crippen molar-refractivity contribution in [3.63, 3.8) is 0 Å². The summed E-state index contributed by atoms with van der Waals surface area (Å²) >= 11 is 0. The third-order valence-electron chi connectivity index (χ3n) is 5.88. The Balaban J connectivity index is 1.72. The van der Waals surface area contributed by atoms with Gasteiger partial charge in [-0.1, -0.05) is 6.92 Å². The van der Waals surface area contributed by atoms with Crippen LogP contribution < -0.4 is 0 Å². The average Bonchev–Trinajstić information content (AvgIpc) is 3.02. The van der Waals surface area contributed by atoms with Crippen LogP contribution in [0.2, 0.25) is 0 Å². The van der Waals surface area contributed by atoms with E-state index in [0.717, 1.165) is 32.2 Å². The van der Waals surface area contributed by atoms with Crippen molar-refractivity contribution in [2.45, 2.75) is 63.9 Å². The van der Waals surface area contributed by atoms with E-state index in [9.17, 15) is 9.59 Å². The molecule has 0 bridgehead atoms. The lowest BCUT2D eigenvalue weighted by Crippen LogP contribution is -2.44. The molecule has 5 atom stereocenters. The van der Waals surface area contributed by atoms with Gasteiger partial charge in [0.05, 0.1) is 6.10 Å². The first kappa shape index (κ1) is 14.2. The molecule has 3 fully saturated rings. The fourth-order valence-electron chi connectivity index (χ4n) is 5.02. The van der Waals surface area contributed by atoms with Crippen LogP contribution in [-0.2, 0) is 19.1 Å². The zero-order valence-electron chi connectivity index (χ0n) is 13.2. The molecule has 4 rings (SSSR count). The van der Waals surface area contributed by atoms with E-state index in [2.05, 4.69) is 11.8 Å². The molecule has 0 aromatic carbocycles. The number of amides is 1. The summed E-state index contributed by atoms with van der Waals surface area (Å²) in [5.74, 6) is -0.477. The molecule has 0 aliphatic carbocycles. The van der Waals surface area contributed by atoms with Crippen LogP contribution in [0.25, 0.3) is 0 Å². The summed E-state index contributed by atoms with van der Waals surface area (Å²) in [6, 6.07) is 0.248. The second-order valence-corrected chi connectivity index (χ2v) is 7.02. The number of ether oxygens (including phenoxy) is 2. The zero-order valence-corrected chi connectivity index (χ0v) is 13.2. The fourth-order valence-corrected chi connectivity index (χ4v) is 5.02. The Labute approximate surface area is 130 Å². The number of hydrogen-bond acceptors (Lipinski definition) is 4. The van der Waals surface area contributed by atoms with Crippen molar-refractivity contribution >= 4 is 11.9 Å². The van der Waals surface area contributed by atoms with Gasteiger partial charge < -0.3 is 14.4 Å². The molecule has 0 saturated carbocycles. The second-order valence-electron chi connectivity index (χ2n) is 7.02. The van der Waals surface area contributed by atoms with Gasteiger partial charge in [0, 0.05) is 36.4 Å². The molecule has 22 heavy (non-hydrogen) atoms. The van der Waals surface area contributed by atoms with Crippen molar-refractivity contribution < 1.29 is 19.1 Å². The van der Waals surface area contributed by atoms with E-state index in [1.54, 1.807) is 6.92 Å². The minimum Gasteiger partial charge on any atom is -0.426 e. The lowest BCUT2D eigenvalue weighted by Gasteiger charge is -2.34. The Morgan fingerprint density at radius 1 is 1.36 bits per heavy atom. The van der Waals surface area contributed by atoms with Crippen LogP contribution in [0.4, 0.5) is 0 Å². The quantitative estimate of drug-likeness (QED) is 0.695. The largest absolute Gasteiger partial charge is 0.426 e. The highest BCUT2D eigenvalue weighted by Gasteiger charge is 2.61. The summed E-state index contributed by atoms with van der Waals surface area (Å²) in [7, 11) is 0. The summed E-state index contributed by atoms with van der Waals surface area (Å²) in [6.45, 7) is 4.75. The number of esters is 1. The molecule has 5 nitrogen and oxygen atoms in total. The van der Waals surface area contributed by atoms with Gasteiger partial charge in [0.15, 0.2) is 0 Å². The minimum atomic E-state index is -0.889. The molecule has 0 unspecified atom stereocenters. The maximum atomic E-state index is 12.1.